The van der Waals surface area contributed by atoms with Crippen LogP contribution >= 0.6 is 0 Å². The van der Waals surface area contributed by atoms with Gasteiger partial charge in [-0.2, -0.15) is 0 Å². The fourth-order valence-electron chi connectivity index (χ4n) is 2.12. The number of ether oxygens (including phenoxy) is 5. The molecule has 0 bridgehead atoms. The number of hydrogen-bond donors (Lipinski definition) is 3. The van der Waals surface area contributed by atoms with Gasteiger partial charge in [0.1, 0.15) is 0 Å². The van der Waals surface area contributed by atoms with Crippen molar-refractivity contribution in [2.24, 2.45) is 11.5 Å². The first-order chi connectivity index (χ1) is 15.6. The molecule has 1 aliphatic heterocycles. The first-order valence-corrected chi connectivity index (χ1v) is 11.9. The van der Waals surface area contributed by atoms with Crippen molar-refractivity contribution < 1.29 is 23.7 Å². The maximum absolute atomic E-state index is 5.32. The highest BCUT2D eigenvalue weighted by Gasteiger charge is 2.01. The Balaban J connectivity index is -0.000000528. The van der Waals surface area contributed by atoms with Crippen molar-refractivity contribution in [3.63, 3.8) is 0 Å². The van der Waals surface area contributed by atoms with Crippen LogP contribution in [0.2, 0.25) is 0 Å². The highest BCUT2D eigenvalue weighted by atomic mass is 16.6. The van der Waals surface area contributed by atoms with Crippen LogP contribution in [0.3, 0.4) is 0 Å². The molecule has 1 rings (SSSR count). The monoisotopic (exact) mass is 463 g/mol. The third-order valence-electron chi connectivity index (χ3n) is 3.77. The summed E-state index contributed by atoms with van der Waals surface area (Å²) in [5.74, 6) is 0. The number of rotatable bonds is 16. The summed E-state index contributed by atoms with van der Waals surface area (Å²) < 4.78 is 26.2. The van der Waals surface area contributed by atoms with E-state index in [4.69, 9.17) is 35.2 Å². The van der Waals surface area contributed by atoms with E-state index >= 15 is 0 Å². The molecule has 0 spiro atoms. The Morgan fingerprint density at radius 1 is 0.750 bits per heavy atom. The van der Waals surface area contributed by atoms with E-state index in [-0.39, 0.29) is 0 Å². The van der Waals surface area contributed by atoms with Crippen molar-refractivity contribution in [2.45, 2.75) is 47.5 Å². The second kappa shape index (κ2) is 34.6. The van der Waals surface area contributed by atoms with E-state index in [9.17, 15) is 0 Å². The topological polar surface area (TPSA) is 110 Å². The molecular weight excluding hydrogens is 410 g/mol. The summed E-state index contributed by atoms with van der Waals surface area (Å²) in [6, 6.07) is 0. The molecule has 0 radical (unpaired) electrons. The summed E-state index contributed by atoms with van der Waals surface area (Å²) in [5.41, 5.74) is 13.5. The smallest absolute Gasteiger partial charge is 0.0701 e. The van der Waals surface area contributed by atoms with E-state index < -0.39 is 0 Å². The lowest BCUT2D eigenvalue weighted by atomic mass is 10.1. The highest BCUT2D eigenvalue weighted by molar-refractivity contribution is 5.10. The van der Waals surface area contributed by atoms with Gasteiger partial charge in [0, 0.05) is 25.3 Å². The Hall–Kier alpha value is -1.00. The molecule has 0 aromatic carbocycles. The Morgan fingerprint density at radius 2 is 1.06 bits per heavy atom. The first kappa shape index (κ1) is 35.6. The SMILES string of the molecule is C=CC.CC.CC1=C(C)NCCC1.NCCOCCOCCOCCOCCOCCN. The third kappa shape index (κ3) is 33.6. The molecule has 0 aromatic heterocycles. The standard InChI is InChI=1S/C12H28N2O5.C7H13N.C3H6.C2H6/c13-1-3-15-5-7-17-9-11-19-12-10-18-8-6-16-4-2-14;1-6-4-3-5-8-7(6)2;1-3-2;1-2/h1-14H2;8H,3-5H2,1-2H3;3H,1H2,2H3;1-2H3. The summed E-state index contributed by atoms with van der Waals surface area (Å²) in [4.78, 5) is 0. The van der Waals surface area contributed by atoms with Crippen LogP contribution in [0.4, 0.5) is 0 Å². The molecule has 0 fully saturated rings. The van der Waals surface area contributed by atoms with Crippen molar-refractivity contribution in [3.05, 3.63) is 23.9 Å². The van der Waals surface area contributed by atoms with Gasteiger partial charge in [0.15, 0.2) is 0 Å². The minimum Gasteiger partial charge on any atom is -0.389 e. The van der Waals surface area contributed by atoms with Crippen molar-refractivity contribution >= 4 is 0 Å². The number of nitrogens with one attached hydrogen (secondary N) is 1. The lowest BCUT2D eigenvalue weighted by Crippen LogP contribution is -2.18. The molecule has 0 atom stereocenters. The Kier molecular flexibility index (Phi) is 38.5. The van der Waals surface area contributed by atoms with Crippen LogP contribution in [0.5, 0.6) is 0 Å². The normalized spacial score (nSPS) is 12.3. The summed E-state index contributed by atoms with van der Waals surface area (Å²) in [7, 11) is 0. The summed E-state index contributed by atoms with van der Waals surface area (Å²) >= 11 is 0. The minimum absolute atomic E-state index is 0.542. The fraction of sp³-hybridized carbons (Fsp3) is 0.833. The molecule has 0 aromatic rings. The highest BCUT2D eigenvalue weighted by Crippen LogP contribution is 2.11. The molecule has 1 aliphatic rings. The maximum Gasteiger partial charge on any atom is 0.0701 e. The Labute approximate surface area is 198 Å². The zero-order valence-electron chi connectivity index (χ0n) is 21.6. The molecule has 194 valence electrons. The van der Waals surface area contributed by atoms with E-state index in [1.54, 1.807) is 6.08 Å². The number of hydrogen-bond acceptors (Lipinski definition) is 8. The molecular formula is C24H53N3O5. The maximum atomic E-state index is 5.32. The molecule has 0 amide bonds. The Bertz CT molecular complexity index is 353. The number of allylic oxidation sites excluding steroid dienone is 3. The zero-order chi connectivity index (χ0) is 24.7. The van der Waals surface area contributed by atoms with Gasteiger partial charge in [-0.3, -0.25) is 0 Å². The quantitative estimate of drug-likeness (QED) is 0.237. The van der Waals surface area contributed by atoms with Crippen molar-refractivity contribution in [2.75, 3.05) is 85.7 Å². The fourth-order valence-corrected chi connectivity index (χ4v) is 2.12. The van der Waals surface area contributed by atoms with Crippen molar-refractivity contribution in [3.8, 4) is 0 Å². The van der Waals surface area contributed by atoms with E-state index in [2.05, 4.69) is 25.7 Å². The van der Waals surface area contributed by atoms with E-state index in [1.165, 1.54) is 30.7 Å². The van der Waals surface area contributed by atoms with Gasteiger partial charge in [0.25, 0.3) is 0 Å². The van der Waals surface area contributed by atoms with Crippen LogP contribution in [0.1, 0.15) is 47.5 Å². The molecule has 1 heterocycles. The predicted molar refractivity (Wildman–Crippen MR) is 135 cm³/mol. The molecule has 0 saturated carbocycles. The van der Waals surface area contributed by atoms with Gasteiger partial charge in [0.2, 0.25) is 0 Å². The molecule has 0 saturated heterocycles. The molecule has 0 unspecified atom stereocenters. The van der Waals surface area contributed by atoms with E-state index in [0.717, 1.165) is 0 Å². The van der Waals surface area contributed by atoms with Gasteiger partial charge in [-0.1, -0.05) is 25.5 Å². The molecule has 8 nitrogen and oxygen atoms in total. The molecule has 32 heavy (non-hydrogen) atoms. The van der Waals surface area contributed by atoms with Crippen LogP contribution < -0.4 is 16.8 Å². The average molecular weight is 464 g/mol. The van der Waals surface area contributed by atoms with Gasteiger partial charge < -0.3 is 40.5 Å². The van der Waals surface area contributed by atoms with Gasteiger partial charge in [-0.15, -0.1) is 6.58 Å². The van der Waals surface area contributed by atoms with Crippen LogP contribution in [0.15, 0.2) is 23.9 Å². The first-order valence-electron chi connectivity index (χ1n) is 11.9. The van der Waals surface area contributed by atoms with Gasteiger partial charge in [0.05, 0.1) is 66.1 Å². The van der Waals surface area contributed by atoms with Crippen molar-refractivity contribution in [1.82, 2.24) is 5.32 Å². The second-order valence-corrected chi connectivity index (χ2v) is 6.48. The molecule has 0 aliphatic carbocycles. The van der Waals surface area contributed by atoms with E-state index in [0.29, 0.717) is 79.2 Å². The predicted octanol–water partition coefficient (Wildman–Crippen LogP) is 2.87. The van der Waals surface area contributed by atoms with Gasteiger partial charge in [-0.05, 0) is 33.6 Å². The average Bonchev–Trinajstić information content (AvgIpc) is 2.81. The summed E-state index contributed by atoms with van der Waals surface area (Å²) in [6.07, 6.45) is 4.35. The van der Waals surface area contributed by atoms with Gasteiger partial charge >= 0.3 is 0 Å². The Morgan fingerprint density at radius 3 is 1.28 bits per heavy atom. The van der Waals surface area contributed by atoms with Crippen LogP contribution in [-0.2, 0) is 23.7 Å². The van der Waals surface area contributed by atoms with Crippen LogP contribution in [0, 0.1) is 0 Å². The lowest BCUT2D eigenvalue weighted by molar-refractivity contribution is -0.00998. The largest absolute Gasteiger partial charge is 0.389 e. The van der Waals surface area contributed by atoms with Gasteiger partial charge in [-0.25, -0.2) is 0 Å². The van der Waals surface area contributed by atoms with Crippen LogP contribution in [-0.4, -0.2) is 85.7 Å². The minimum atomic E-state index is 0.542. The summed E-state index contributed by atoms with van der Waals surface area (Å²) in [6.45, 7) is 21.5. The third-order valence-corrected chi connectivity index (χ3v) is 3.77. The molecule has 5 N–H and O–H groups in total. The van der Waals surface area contributed by atoms with E-state index in [1.807, 2.05) is 20.8 Å². The van der Waals surface area contributed by atoms with Crippen LogP contribution in [0.25, 0.3) is 0 Å². The number of nitrogens with two attached hydrogens (primary N) is 2. The summed E-state index contributed by atoms with van der Waals surface area (Å²) in [5, 5.41) is 3.31. The molecule has 8 heteroatoms. The van der Waals surface area contributed by atoms with Crippen molar-refractivity contribution in [1.29, 1.82) is 0 Å². The zero-order valence-corrected chi connectivity index (χ0v) is 21.6. The lowest BCUT2D eigenvalue weighted by Gasteiger charge is -2.15. The second-order valence-electron chi connectivity index (χ2n) is 6.48.